The Labute approximate surface area is 112 Å². The standard InChI is InChI=1S/C15H18N2O2/c18-15(9-17-12-5-6-12)16-8-7-11-10-19-14-4-2-1-3-13(11)14/h1-4,10,12,17H,5-9H2,(H,16,18). The predicted molar refractivity (Wildman–Crippen MR) is 74.0 cm³/mol. The lowest BCUT2D eigenvalue weighted by atomic mass is 10.1. The fourth-order valence-electron chi connectivity index (χ4n) is 2.15. The summed E-state index contributed by atoms with van der Waals surface area (Å²) in [4.78, 5) is 11.6. The maximum absolute atomic E-state index is 11.6. The summed E-state index contributed by atoms with van der Waals surface area (Å²) in [5.74, 6) is 0.0692. The van der Waals surface area contributed by atoms with Gasteiger partial charge in [0, 0.05) is 18.0 Å². The number of para-hydroxylation sites is 1. The van der Waals surface area contributed by atoms with E-state index in [4.69, 9.17) is 4.42 Å². The average molecular weight is 258 g/mol. The number of benzene rings is 1. The van der Waals surface area contributed by atoms with Crippen molar-refractivity contribution in [2.75, 3.05) is 13.1 Å². The van der Waals surface area contributed by atoms with Crippen LogP contribution in [-0.4, -0.2) is 25.0 Å². The molecule has 0 radical (unpaired) electrons. The van der Waals surface area contributed by atoms with Crippen LogP contribution in [0.3, 0.4) is 0 Å². The van der Waals surface area contributed by atoms with Crippen molar-refractivity contribution in [3.8, 4) is 0 Å². The molecule has 0 aliphatic heterocycles. The molecular formula is C15H18N2O2. The fraction of sp³-hybridized carbons (Fsp3) is 0.400. The van der Waals surface area contributed by atoms with Crippen LogP contribution in [0.1, 0.15) is 18.4 Å². The summed E-state index contributed by atoms with van der Waals surface area (Å²) in [5, 5.41) is 7.26. The lowest BCUT2D eigenvalue weighted by molar-refractivity contribution is -0.120. The highest BCUT2D eigenvalue weighted by Gasteiger charge is 2.20. The molecule has 0 atom stereocenters. The van der Waals surface area contributed by atoms with Crippen molar-refractivity contribution in [1.29, 1.82) is 0 Å². The quantitative estimate of drug-likeness (QED) is 0.831. The van der Waals surface area contributed by atoms with Crippen LogP contribution in [0.15, 0.2) is 34.9 Å². The molecule has 1 aromatic carbocycles. The van der Waals surface area contributed by atoms with Gasteiger partial charge >= 0.3 is 0 Å². The smallest absolute Gasteiger partial charge is 0.233 e. The normalized spacial score (nSPS) is 14.7. The molecule has 0 bridgehead atoms. The first-order valence-electron chi connectivity index (χ1n) is 6.78. The van der Waals surface area contributed by atoms with E-state index in [9.17, 15) is 4.79 Å². The molecule has 0 unspecified atom stereocenters. The minimum absolute atomic E-state index is 0.0692. The van der Waals surface area contributed by atoms with Gasteiger partial charge in [0.25, 0.3) is 0 Å². The number of hydrogen-bond donors (Lipinski definition) is 2. The van der Waals surface area contributed by atoms with Crippen LogP contribution in [0.5, 0.6) is 0 Å². The van der Waals surface area contributed by atoms with Crippen LogP contribution >= 0.6 is 0 Å². The third-order valence-electron chi connectivity index (χ3n) is 3.41. The third kappa shape index (κ3) is 3.15. The van der Waals surface area contributed by atoms with Gasteiger partial charge in [0.15, 0.2) is 0 Å². The van der Waals surface area contributed by atoms with E-state index in [2.05, 4.69) is 10.6 Å². The molecule has 1 saturated carbocycles. The molecule has 0 saturated heterocycles. The van der Waals surface area contributed by atoms with Crippen LogP contribution in [0.25, 0.3) is 11.0 Å². The van der Waals surface area contributed by atoms with Gasteiger partial charge in [0.1, 0.15) is 5.58 Å². The van der Waals surface area contributed by atoms with Gasteiger partial charge in [-0.05, 0) is 30.9 Å². The number of hydrogen-bond acceptors (Lipinski definition) is 3. The van der Waals surface area contributed by atoms with E-state index in [0.717, 1.165) is 23.0 Å². The van der Waals surface area contributed by atoms with Crippen LogP contribution in [0, 0.1) is 0 Å². The first-order chi connectivity index (χ1) is 9.33. The zero-order chi connectivity index (χ0) is 13.1. The van der Waals surface area contributed by atoms with E-state index < -0.39 is 0 Å². The van der Waals surface area contributed by atoms with Gasteiger partial charge in [0.05, 0.1) is 12.8 Å². The molecule has 1 fully saturated rings. The predicted octanol–water partition coefficient (Wildman–Crippen LogP) is 1.84. The summed E-state index contributed by atoms with van der Waals surface area (Å²) in [7, 11) is 0. The summed E-state index contributed by atoms with van der Waals surface area (Å²) in [6, 6.07) is 8.53. The van der Waals surface area contributed by atoms with Crippen molar-refractivity contribution in [3.63, 3.8) is 0 Å². The third-order valence-corrected chi connectivity index (χ3v) is 3.41. The molecule has 1 aliphatic rings. The molecule has 2 aromatic rings. The van der Waals surface area contributed by atoms with Gasteiger partial charge in [-0.25, -0.2) is 0 Å². The van der Waals surface area contributed by atoms with Crippen molar-refractivity contribution < 1.29 is 9.21 Å². The molecular weight excluding hydrogens is 240 g/mol. The highest BCUT2D eigenvalue weighted by molar-refractivity contribution is 5.81. The highest BCUT2D eigenvalue weighted by Crippen LogP contribution is 2.20. The minimum atomic E-state index is 0.0692. The van der Waals surface area contributed by atoms with E-state index in [1.807, 2.05) is 24.3 Å². The Hall–Kier alpha value is -1.81. The lowest BCUT2D eigenvalue weighted by Crippen LogP contribution is -2.35. The Bertz CT molecular complexity index is 572. The van der Waals surface area contributed by atoms with Gasteiger partial charge < -0.3 is 15.1 Å². The van der Waals surface area contributed by atoms with Gasteiger partial charge in [0.2, 0.25) is 5.91 Å². The molecule has 0 spiro atoms. The zero-order valence-corrected chi connectivity index (χ0v) is 10.8. The van der Waals surface area contributed by atoms with Crippen molar-refractivity contribution in [1.82, 2.24) is 10.6 Å². The maximum Gasteiger partial charge on any atom is 0.233 e. The summed E-state index contributed by atoms with van der Waals surface area (Å²) in [5.41, 5.74) is 2.05. The van der Waals surface area contributed by atoms with Gasteiger partial charge in [-0.15, -0.1) is 0 Å². The van der Waals surface area contributed by atoms with Crippen molar-refractivity contribution in [2.45, 2.75) is 25.3 Å². The lowest BCUT2D eigenvalue weighted by Gasteiger charge is -2.05. The summed E-state index contributed by atoms with van der Waals surface area (Å²) < 4.78 is 5.47. The number of furan rings is 1. The Kier molecular flexibility index (Phi) is 3.51. The van der Waals surface area contributed by atoms with Gasteiger partial charge in [-0.3, -0.25) is 4.79 Å². The zero-order valence-electron chi connectivity index (χ0n) is 10.8. The molecule has 3 rings (SSSR count). The Morgan fingerprint density at radius 1 is 1.32 bits per heavy atom. The van der Waals surface area contributed by atoms with Gasteiger partial charge in [-0.1, -0.05) is 18.2 Å². The van der Waals surface area contributed by atoms with E-state index in [1.54, 1.807) is 6.26 Å². The maximum atomic E-state index is 11.6. The number of nitrogens with one attached hydrogen (secondary N) is 2. The van der Waals surface area contributed by atoms with Crippen molar-refractivity contribution in [2.24, 2.45) is 0 Å². The molecule has 1 aromatic heterocycles. The Balaban J connectivity index is 1.47. The molecule has 1 aliphatic carbocycles. The molecule has 2 N–H and O–H groups in total. The van der Waals surface area contributed by atoms with E-state index in [1.165, 1.54) is 12.8 Å². The van der Waals surface area contributed by atoms with Crippen LogP contribution in [-0.2, 0) is 11.2 Å². The first-order valence-corrected chi connectivity index (χ1v) is 6.78. The number of rotatable bonds is 6. The second-order valence-electron chi connectivity index (χ2n) is 5.01. The number of fused-ring (bicyclic) bond motifs is 1. The topological polar surface area (TPSA) is 54.3 Å². The molecule has 1 amide bonds. The Morgan fingerprint density at radius 3 is 3.00 bits per heavy atom. The largest absolute Gasteiger partial charge is 0.464 e. The van der Waals surface area contributed by atoms with E-state index >= 15 is 0 Å². The average Bonchev–Trinajstić information content (AvgIpc) is 3.18. The van der Waals surface area contributed by atoms with E-state index in [-0.39, 0.29) is 5.91 Å². The molecule has 4 nitrogen and oxygen atoms in total. The molecule has 100 valence electrons. The van der Waals surface area contributed by atoms with Crippen LogP contribution < -0.4 is 10.6 Å². The Morgan fingerprint density at radius 2 is 2.16 bits per heavy atom. The van der Waals surface area contributed by atoms with Crippen LogP contribution in [0.2, 0.25) is 0 Å². The second kappa shape index (κ2) is 5.45. The van der Waals surface area contributed by atoms with E-state index in [0.29, 0.717) is 19.1 Å². The number of carbonyl (C=O) groups is 1. The van der Waals surface area contributed by atoms with Crippen molar-refractivity contribution in [3.05, 3.63) is 36.1 Å². The molecule has 4 heteroatoms. The van der Waals surface area contributed by atoms with Gasteiger partial charge in [-0.2, -0.15) is 0 Å². The SMILES string of the molecule is O=C(CNC1CC1)NCCc1coc2ccccc12. The number of amides is 1. The molecule has 1 heterocycles. The minimum Gasteiger partial charge on any atom is -0.464 e. The highest BCUT2D eigenvalue weighted by atomic mass is 16.3. The number of carbonyl (C=O) groups excluding carboxylic acids is 1. The first kappa shape index (κ1) is 12.2. The monoisotopic (exact) mass is 258 g/mol. The summed E-state index contributed by atoms with van der Waals surface area (Å²) >= 11 is 0. The fourth-order valence-corrected chi connectivity index (χ4v) is 2.15. The van der Waals surface area contributed by atoms with Crippen LogP contribution in [0.4, 0.5) is 0 Å². The summed E-state index contributed by atoms with van der Waals surface area (Å²) in [6.07, 6.45) is 4.98. The van der Waals surface area contributed by atoms with Crippen molar-refractivity contribution >= 4 is 16.9 Å². The second-order valence-corrected chi connectivity index (χ2v) is 5.01. The summed E-state index contributed by atoms with van der Waals surface area (Å²) in [6.45, 7) is 1.07. The molecule has 19 heavy (non-hydrogen) atoms.